The second-order valence-corrected chi connectivity index (χ2v) is 16.6. The van der Waals surface area contributed by atoms with Gasteiger partial charge in [-0.15, -0.1) is 0 Å². The van der Waals surface area contributed by atoms with Gasteiger partial charge in [0, 0.05) is 10.8 Å². The summed E-state index contributed by atoms with van der Waals surface area (Å²) in [6, 6.07) is 13.6. The Morgan fingerprint density at radius 2 is 0.976 bits per heavy atom. The summed E-state index contributed by atoms with van der Waals surface area (Å²) in [6.07, 6.45) is 9.67. The molecule has 2 heterocycles. The molecule has 2 nitrogen and oxygen atoms in total. The molecule has 2 aromatic heterocycles. The normalized spacial score (nSPS) is 11.6. The Labute approximate surface area is 268 Å². The molecule has 0 radical (unpaired) electrons. The first-order chi connectivity index (χ1) is 20.4. The first kappa shape index (κ1) is 31.3. The van der Waals surface area contributed by atoms with E-state index in [1.165, 1.54) is 99.1 Å². The number of hydrogen-bond donors (Lipinski definition) is 0. The Hall–Kier alpha value is -2.12. The van der Waals surface area contributed by atoms with Crippen molar-refractivity contribution in [3.05, 3.63) is 55.9 Å². The van der Waals surface area contributed by atoms with Gasteiger partial charge in [-0.3, -0.25) is 0 Å². The number of benzene rings is 3. The van der Waals surface area contributed by atoms with Crippen molar-refractivity contribution in [2.24, 2.45) is 0 Å². The summed E-state index contributed by atoms with van der Waals surface area (Å²) in [5, 5.41) is 5.16. The predicted molar refractivity (Wildman–Crippen MR) is 191 cm³/mol. The fourth-order valence-electron chi connectivity index (χ4n) is 5.33. The van der Waals surface area contributed by atoms with Crippen LogP contribution in [0, 0.1) is 27.7 Å². The van der Waals surface area contributed by atoms with Crippen LogP contribution in [0.5, 0.6) is 11.5 Å². The van der Waals surface area contributed by atoms with Crippen LogP contribution < -0.4 is 9.47 Å². The fourth-order valence-corrected chi connectivity index (χ4v) is 10.6. The zero-order chi connectivity index (χ0) is 29.6. The van der Waals surface area contributed by atoms with Gasteiger partial charge in [0.25, 0.3) is 8.38 Å². The Kier molecular flexibility index (Phi) is 10.9. The lowest BCUT2D eigenvalue weighted by atomic mass is 9.92. The van der Waals surface area contributed by atoms with Gasteiger partial charge in [0.2, 0.25) is 0 Å². The molecular formula is C36H44O2S4+2. The van der Waals surface area contributed by atoms with Crippen molar-refractivity contribution >= 4 is 66.9 Å². The standard InChI is InChI=1S/C36H44O2S4/c1-7-9-11-13-19-37-27-15-17-29-31(21-27)33(35-39-23(3)24(4)40-35)30-18-16-28(38-20-14-12-10-8-2)22-32(30)34(29)36-41-25(5)26(6)42-36/h15-18,21-22H,7-14,19-20H2,1-6H3/q+2. The monoisotopic (exact) mass is 636 g/mol. The SMILES string of the molecule is CCCCCCOc1ccc2c(-c3sc(C)c(C)[s+]3)c3cc(OCCCCCC)ccc3c(-c3sc(C)c(C)[s+]3)c2c1. The van der Waals surface area contributed by atoms with Crippen LogP contribution in [0.3, 0.4) is 0 Å². The van der Waals surface area contributed by atoms with Crippen molar-refractivity contribution in [3.8, 4) is 31.0 Å². The lowest BCUT2D eigenvalue weighted by Gasteiger charge is -2.15. The molecular weight excluding hydrogens is 593 g/mol. The minimum Gasteiger partial charge on any atom is -0.494 e. The van der Waals surface area contributed by atoms with Gasteiger partial charge < -0.3 is 9.47 Å². The molecule has 0 fully saturated rings. The number of ether oxygens (including phenoxy) is 2. The van der Waals surface area contributed by atoms with Gasteiger partial charge in [-0.05, 0) is 87.7 Å². The van der Waals surface area contributed by atoms with Crippen molar-refractivity contribution in [1.82, 2.24) is 0 Å². The summed E-state index contributed by atoms with van der Waals surface area (Å²) in [5.41, 5.74) is 2.66. The number of aryl methyl sites for hydroxylation is 4. The summed E-state index contributed by atoms with van der Waals surface area (Å²) >= 11 is 7.66. The summed E-state index contributed by atoms with van der Waals surface area (Å²) in [4.78, 5) is 5.56. The summed E-state index contributed by atoms with van der Waals surface area (Å²) in [7, 11) is 0. The van der Waals surface area contributed by atoms with E-state index >= 15 is 0 Å². The number of fused-ring (bicyclic) bond motifs is 2. The van der Waals surface area contributed by atoms with E-state index in [4.69, 9.17) is 9.47 Å². The molecule has 0 saturated carbocycles. The van der Waals surface area contributed by atoms with Crippen LogP contribution in [0.15, 0.2) is 36.4 Å². The molecule has 0 atom stereocenters. The lowest BCUT2D eigenvalue weighted by molar-refractivity contribution is 0.305. The average Bonchev–Trinajstić information content (AvgIpc) is 3.49. The van der Waals surface area contributed by atoms with Crippen LogP contribution in [0.25, 0.3) is 41.1 Å². The molecule has 42 heavy (non-hydrogen) atoms. The van der Waals surface area contributed by atoms with E-state index in [0.29, 0.717) is 0 Å². The third-order valence-electron chi connectivity index (χ3n) is 7.98. The quantitative estimate of drug-likeness (QED) is 0.0686. The van der Waals surface area contributed by atoms with Gasteiger partial charge in [-0.25, -0.2) is 0 Å². The van der Waals surface area contributed by atoms with Gasteiger partial charge >= 0.3 is 0 Å². The zero-order valence-corrected chi connectivity index (χ0v) is 29.3. The second-order valence-electron chi connectivity index (χ2n) is 11.2. The predicted octanol–water partition coefficient (Wildman–Crippen LogP) is 13.3. The number of rotatable bonds is 14. The van der Waals surface area contributed by atoms with Crippen molar-refractivity contribution in [2.75, 3.05) is 13.2 Å². The van der Waals surface area contributed by atoms with Crippen molar-refractivity contribution in [1.29, 1.82) is 0 Å². The summed E-state index contributed by atoms with van der Waals surface area (Å²) < 4.78 is 15.4. The fraction of sp³-hybridized carbons (Fsp3) is 0.444. The smallest absolute Gasteiger partial charge is 0.286 e. The highest BCUT2D eigenvalue weighted by Crippen LogP contribution is 2.51. The average molecular weight is 637 g/mol. The van der Waals surface area contributed by atoms with Crippen LogP contribution in [0.1, 0.15) is 84.7 Å². The van der Waals surface area contributed by atoms with Crippen molar-refractivity contribution in [2.45, 2.75) is 92.9 Å². The maximum Gasteiger partial charge on any atom is 0.286 e. The lowest BCUT2D eigenvalue weighted by Crippen LogP contribution is -1.98. The van der Waals surface area contributed by atoms with Gasteiger partial charge in [-0.1, -0.05) is 52.4 Å². The van der Waals surface area contributed by atoms with Crippen LogP contribution in [0.4, 0.5) is 0 Å². The van der Waals surface area contributed by atoms with Crippen molar-refractivity contribution in [3.63, 3.8) is 0 Å². The maximum atomic E-state index is 6.34. The Bertz CT molecular complexity index is 1500. The van der Waals surface area contributed by atoms with E-state index in [1.54, 1.807) is 0 Å². The molecule has 0 amide bonds. The van der Waals surface area contributed by atoms with Crippen LogP contribution in [-0.2, 0) is 0 Å². The zero-order valence-electron chi connectivity index (χ0n) is 26.0. The van der Waals surface area contributed by atoms with Gasteiger partial charge in [0.1, 0.15) is 31.0 Å². The molecule has 0 aliphatic heterocycles. The molecule has 0 aliphatic rings. The second kappa shape index (κ2) is 14.6. The molecule has 0 saturated heterocycles. The van der Waals surface area contributed by atoms with E-state index in [9.17, 15) is 0 Å². The third-order valence-corrected chi connectivity index (χ3v) is 13.2. The number of unbranched alkanes of at least 4 members (excludes halogenated alkanes) is 6. The van der Waals surface area contributed by atoms with Gasteiger partial charge in [0.05, 0.1) is 69.7 Å². The molecule has 5 aromatic rings. The molecule has 222 valence electrons. The maximum absolute atomic E-state index is 6.34. The molecule has 0 unspecified atom stereocenters. The molecule has 6 heteroatoms. The van der Waals surface area contributed by atoms with Crippen LogP contribution >= 0.6 is 45.3 Å². The topological polar surface area (TPSA) is 18.5 Å². The van der Waals surface area contributed by atoms with Gasteiger partial charge in [0.15, 0.2) is 0 Å². The van der Waals surface area contributed by atoms with Gasteiger partial charge in [-0.2, -0.15) is 0 Å². The Morgan fingerprint density at radius 3 is 1.33 bits per heavy atom. The van der Waals surface area contributed by atoms with Crippen molar-refractivity contribution < 1.29 is 9.47 Å². The molecule has 0 N–H and O–H groups in total. The Balaban J connectivity index is 1.70. The minimum absolute atomic E-state index is 0.769. The molecule has 0 aliphatic carbocycles. The molecule has 0 bridgehead atoms. The highest BCUT2D eigenvalue weighted by molar-refractivity contribution is 7.37. The summed E-state index contributed by atoms with van der Waals surface area (Å²) in [6.45, 7) is 15.0. The largest absolute Gasteiger partial charge is 0.494 e. The van der Waals surface area contributed by atoms with E-state index in [2.05, 4.69) is 77.9 Å². The molecule has 5 rings (SSSR count). The molecule has 0 spiro atoms. The number of hydrogen-bond acceptors (Lipinski definition) is 4. The van der Waals surface area contributed by atoms with Crippen LogP contribution in [0.2, 0.25) is 0 Å². The first-order valence-corrected chi connectivity index (χ1v) is 18.8. The first-order valence-electron chi connectivity index (χ1n) is 15.5. The third kappa shape index (κ3) is 6.99. The Morgan fingerprint density at radius 1 is 0.548 bits per heavy atom. The minimum atomic E-state index is 0.769. The highest BCUT2D eigenvalue weighted by Gasteiger charge is 2.29. The van der Waals surface area contributed by atoms with E-state index < -0.39 is 0 Å². The van der Waals surface area contributed by atoms with E-state index in [1.807, 2.05) is 45.3 Å². The highest BCUT2D eigenvalue weighted by atomic mass is 32.2. The van der Waals surface area contributed by atoms with Crippen LogP contribution in [-0.4, -0.2) is 13.2 Å². The van der Waals surface area contributed by atoms with E-state index in [0.717, 1.165) is 37.6 Å². The molecule has 3 aromatic carbocycles. The van der Waals surface area contributed by atoms with E-state index in [-0.39, 0.29) is 0 Å². The summed E-state index contributed by atoms with van der Waals surface area (Å²) in [5.74, 6) is 1.93.